The van der Waals surface area contributed by atoms with Crippen LogP contribution in [0.5, 0.6) is 5.75 Å². The summed E-state index contributed by atoms with van der Waals surface area (Å²) >= 11 is 1.29. The van der Waals surface area contributed by atoms with Crippen molar-refractivity contribution in [3.8, 4) is 5.75 Å². The van der Waals surface area contributed by atoms with Crippen LogP contribution in [0.4, 0.5) is 5.69 Å². The van der Waals surface area contributed by atoms with Gasteiger partial charge in [-0.15, -0.1) is 11.8 Å². The Hall–Kier alpha value is -2.58. The summed E-state index contributed by atoms with van der Waals surface area (Å²) < 4.78 is 5.25. The summed E-state index contributed by atoms with van der Waals surface area (Å²) in [5.74, 6) is 0.506. The molecule has 8 heteroatoms. The van der Waals surface area contributed by atoms with Gasteiger partial charge in [0.1, 0.15) is 11.8 Å². The number of carbonyl (C=O) groups is 1. The lowest BCUT2D eigenvalue weighted by Crippen LogP contribution is -3.11. The third-order valence-corrected chi connectivity index (χ3v) is 6.15. The lowest BCUT2D eigenvalue weighted by atomic mass is 10.0. The van der Waals surface area contributed by atoms with Gasteiger partial charge in [0.2, 0.25) is 0 Å². The van der Waals surface area contributed by atoms with Crippen LogP contribution in [0.3, 0.4) is 0 Å². The first-order valence-corrected chi connectivity index (χ1v) is 10.8. The van der Waals surface area contributed by atoms with E-state index in [4.69, 9.17) is 4.74 Å². The van der Waals surface area contributed by atoms with Gasteiger partial charge in [-0.1, -0.05) is 0 Å². The van der Waals surface area contributed by atoms with Crippen molar-refractivity contribution in [3.05, 3.63) is 63.7 Å². The van der Waals surface area contributed by atoms with E-state index < -0.39 is 4.92 Å². The van der Waals surface area contributed by atoms with E-state index in [-0.39, 0.29) is 17.6 Å². The minimum absolute atomic E-state index is 0.0398. The molecule has 3 rings (SSSR count). The van der Waals surface area contributed by atoms with Gasteiger partial charge in [-0.05, 0) is 42.7 Å². The van der Waals surface area contributed by atoms with E-state index in [0.717, 1.165) is 24.4 Å². The number of rotatable bonds is 8. The first-order valence-electron chi connectivity index (χ1n) is 9.62. The van der Waals surface area contributed by atoms with Crippen LogP contribution in [0, 0.1) is 10.1 Å². The van der Waals surface area contributed by atoms with Crippen molar-refractivity contribution >= 4 is 23.4 Å². The fourth-order valence-electron chi connectivity index (χ4n) is 3.78. The fourth-order valence-corrected chi connectivity index (χ4v) is 4.33. The van der Waals surface area contributed by atoms with Crippen LogP contribution in [0.25, 0.3) is 0 Å². The van der Waals surface area contributed by atoms with Crippen molar-refractivity contribution in [2.45, 2.75) is 23.8 Å². The van der Waals surface area contributed by atoms with Crippen molar-refractivity contribution in [2.24, 2.45) is 0 Å². The number of amides is 1. The van der Waals surface area contributed by atoms with Crippen LogP contribution < -0.4 is 15.0 Å². The lowest BCUT2D eigenvalue weighted by Gasteiger charge is -2.25. The minimum atomic E-state index is -0.447. The van der Waals surface area contributed by atoms with Gasteiger partial charge in [-0.2, -0.15) is 0 Å². The van der Waals surface area contributed by atoms with Crippen molar-refractivity contribution in [2.75, 3.05) is 33.0 Å². The van der Waals surface area contributed by atoms with Crippen molar-refractivity contribution in [1.82, 2.24) is 5.32 Å². The first-order chi connectivity index (χ1) is 14.0. The normalized spacial score (nSPS) is 15.1. The predicted octanol–water partition coefficient (Wildman–Crippen LogP) is 2.48. The molecule has 0 unspecified atom stereocenters. The van der Waals surface area contributed by atoms with Crippen LogP contribution in [-0.4, -0.2) is 43.8 Å². The molecule has 2 aromatic rings. The second-order valence-corrected chi connectivity index (χ2v) is 7.89. The maximum atomic E-state index is 12.7. The van der Waals surface area contributed by atoms with E-state index in [1.807, 2.05) is 24.3 Å². The average molecular weight is 417 g/mol. The Bertz CT molecular complexity index is 867. The molecule has 0 aliphatic carbocycles. The first kappa shape index (κ1) is 21.1. The summed E-state index contributed by atoms with van der Waals surface area (Å²) in [6, 6.07) is 12.7. The molecule has 1 amide bonds. The minimum Gasteiger partial charge on any atom is -0.497 e. The average Bonchev–Trinajstić information content (AvgIpc) is 3.28. The van der Waals surface area contributed by atoms with Gasteiger partial charge in [-0.3, -0.25) is 14.9 Å². The van der Waals surface area contributed by atoms with E-state index in [1.54, 1.807) is 25.5 Å². The molecule has 154 valence electrons. The summed E-state index contributed by atoms with van der Waals surface area (Å²) in [6.07, 6.45) is 4.14. The zero-order valence-electron chi connectivity index (χ0n) is 16.6. The van der Waals surface area contributed by atoms with Gasteiger partial charge >= 0.3 is 0 Å². The molecule has 1 atom stereocenters. The number of nitrogens with one attached hydrogen (secondary N) is 2. The number of nitro groups is 1. The molecular weight excluding hydrogens is 390 g/mol. The molecule has 1 fully saturated rings. The highest BCUT2D eigenvalue weighted by Gasteiger charge is 2.28. The standard InChI is InChI=1S/C21H25N3O4S/c1-28-17-8-5-15(6-9-17)19(23-11-3-4-12-23)14-22-21(25)16-7-10-20(29-2)18(13-16)24(26)27/h5-10,13,19H,3-4,11-12,14H2,1-2H3,(H,22,25)/p+1/t19-/m1/s1. The molecule has 1 heterocycles. The molecule has 0 saturated carbocycles. The summed E-state index contributed by atoms with van der Waals surface area (Å²) in [4.78, 5) is 25.5. The highest BCUT2D eigenvalue weighted by molar-refractivity contribution is 7.98. The third-order valence-electron chi connectivity index (χ3n) is 5.36. The topological polar surface area (TPSA) is 85.9 Å². The number of likely N-dealkylation sites (tertiary alicyclic amines) is 1. The number of ether oxygens (including phenoxy) is 1. The number of carbonyl (C=O) groups excluding carboxylic acids is 1. The van der Waals surface area contributed by atoms with Gasteiger partial charge < -0.3 is 15.0 Å². The van der Waals surface area contributed by atoms with Crippen LogP contribution in [-0.2, 0) is 0 Å². The molecule has 7 nitrogen and oxygen atoms in total. The summed E-state index contributed by atoms with van der Waals surface area (Å²) in [5, 5.41) is 14.3. The molecule has 29 heavy (non-hydrogen) atoms. The summed E-state index contributed by atoms with van der Waals surface area (Å²) in [6.45, 7) is 2.61. The quantitative estimate of drug-likeness (QED) is 0.392. The Morgan fingerprint density at radius 2 is 1.93 bits per heavy atom. The zero-order valence-corrected chi connectivity index (χ0v) is 17.5. The SMILES string of the molecule is COc1ccc([C@@H](CNC(=O)c2ccc(SC)c([N+](=O)[O-])c2)[NH+]2CCCC2)cc1. The molecule has 1 aliphatic rings. The molecule has 2 aromatic carbocycles. The van der Waals surface area contributed by atoms with Crippen LogP contribution in [0.2, 0.25) is 0 Å². The number of hydrogen-bond donors (Lipinski definition) is 2. The molecule has 1 aliphatic heterocycles. The largest absolute Gasteiger partial charge is 0.497 e. The van der Waals surface area contributed by atoms with Crippen LogP contribution in [0.1, 0.15) is 34.8 Å². The van der Waals surface area contributed by atoms with Crippen molar-refractivity contribution in [3.63, 3.8) is 0 Å². The molecule has 1 saturated heterocycles. The number of hydrogen-bond acceptors (Lipinski definition) is 5. The highest BCUT2D eigenvalue weighted by Crippen LogP contribution is 2.28. The van der Waals surface area contributed by atoms with E-state index in [1.165, 1.54) is 35.6 Å². The molecule has 0 spiro atoms. The van der Waals surface area contributed by atoms with E-state index >= 15 is 0 Å². The molecule has 0 radical (unpaired) electrons. The second-order valence-electron chi connectivity index (χ2n) is 7.04. The van der Waals surface area contributed by atoms with Crippen molar-refractivity contribution < 1.29 is 19.4 Å². The predicted molar refractivity (Wildman–Crippen MR) is 113 cm³/mol. The van der Waals surface area contributed by atoms with Gasteiger partial charge in [-0.25, -0.2) is 0 Å². The maximum Gasteiger partial charge on any atom is 0.283 e. The molecule has 0 aromatic heterocycles. The van der Waals surface area contributed by atoms with E-state index in [9.17, 15) is 14.9 Å². The van der Waals surface area contributed by atoms with E-state index in [2.05, 4.69) is 5.32 Å². The van der Waals surface area contributed by atoms with Gasteiger partial charge in [0.05, 0.1) is 36.6 Å². The number of methoxy groups -OCH3 is 1. The number of nitro benzene ring substituents is 1. The van der Waals surface area contributed by atoms with Gasteiger partial charge in [0.15, 0.2) is 0 Å². The van der Waals surface area contributed by atoms with E-state index in [0.29, 0.717) is 17.0 Å². The highest BCUT2D eigenvalue weighted by atomic mass is 32.2. The molecule has 0 bridgehead atoms. The summed E-state index contributed by atoms with van der Waals surface area (Å²) in [5.41, 5.74) is 1.41. The third kappa shape index (κ3) is 5.07. The van der Waals surface area contributed by atoms with Crippen LogP contribution in [0.15, 0.2) is 47.4 Å². The maximum absolute atomic E-state index is 12.7. The Morgan fingerprint density at radius 3 is 2.52 bits per heavy atom. The Kier molecular flexibility index (Phi) is 7.11. The Morgan fingerprint density at radius 1 is 1.24 bits per heavy atom. The second kappa shape index (κ2) is 9.76. The number of quaternary nitrogens is 1. The van der Waals surface area contributed by atoms with Gasteiger partial charge in [0, 0.05) is 30.0 Å². The number of thioether (sulfide) groups is 1. The Labute approximate surface area is 174 Å². The summed E-state index contributed by atoms with van der Waals surface area (Å²) in [7, 11) is 1.64. The number of nitrogens with zero attached hydrogens (tertiary/aromatic N) is 1. The van der Waals surface area contributed by atoms with Crippen molar-refractivity contribution in [1.29, 1.82) is 0 Å². The fraction of sp³-hybridized carbons (Fsp3) is 0.381. The molecular formula is C21H26N3O4S+. The zero-order chi connectivity index (χ0) is 20.8. The monoisotopic (exact) mass is 416 g/mol. The lowest BCUT2D eigenvalue weighted by molar-refractivity contribution is -0.918. The van der Waals surface area contributed by atoms with Crippen LogP contribution >= 0.6 is 11.8 Å². The smallest absolute Gasteiger partial charge is 0.283 e. The molecule has 2 N–H and O–H groups in total. The van der Waals surface area contributed by atoms with Gasteiger partial charge in [0.25, 0.3) is 11.6 Å². The Balaban J connectivity index is 1.75. The number of benzene rings is 2.